The lowest BCUT2D eigenvalue weighted by Crippen LogP contribution is -2.48. The van der Waals surface area contributed by atoms with Gasteiger partial charge in [-0.15, -0.1) is 0 Å². The molecule has 70 valence electrons. The molecule has 8 heteroatoms. The van der Waals surface area contributed by atoms with Crippen LogP contribution in [0.3, 0.4) is 0 Å². The molecule has 0 bridgehead atoms. The van der Waals surface area contributed by atoms with Crippen molar-refractivity contribution in [2.75, 3.05) is 0 Å². The molecule has 0 aromatic heterocycles. The van der Waals surface area contributed by atoms with E-state index in [2.05, 4.69) is 0 Å². The molecule has 3 nitrogen and oxygen atoms in total. The van der Waals surface area contributed by atoms with E-state index in [1.54, 1.807) is 0 Å². The molecule has 1 aliphatic rings. The third kappa shape index (κ3) is 1.09. The predicted octanol–water partition coefficient (Wildman–Crippen LogP) is 1.33. The highest BCUT2D eigenvalue weighted by molar-refractivity contribution is 7.56. The van der Waals surface area contributed by atoms with Crippen molar-refractivity contribution in [2.45, 2.75) is 11.8 Å². The first-order chi connectivity index (χ1) is 5.09. The Morgan fingerprint density at radius 3 is 1.75 bits per heavy atom. The fraction of sp³-hybridized carbons (Fsp3) is 0.500. The lowest BCUT2D eigenvalue weighted by molar-refractivity contribution is -0.175. The van der Waals surface area contributed by atoms with E-state index in [4.69, 9.17) is 9.79 Å². The van der Waals surface area contributed by atoms with Gasteiger partial charge >= 0.3 is 19.4 Å². The number of hydrogen-bond donors (Lipinski definition) is 2. The SMILES string of the molecule is O=P(O)(O)C1=CC(F)(F)C1(F)F. The summed E-state index contributed by atoms with van der Waals surface area (Å²) in [6, 6.07) is 0. The van der Waals surface area contributed by atoms with E-state index in [-0.39, 0.29) is 0 Å². The molecule has 0 unspecified atom stereocenters. The molecular formula is C4H3F4O3P. The van der Waals surface area contributed by atoms with Crippen LogP contribution < -0.4 is 0 Å². The number of halogens is 4. The van der Waals surface area contributed by atoms with Crippen molar-refractivity contribution in [3.8, 4) is 0 Å². The van der Waals surface area contributed by atoms with Crippen molar-refractivity contribution in [3.05, 3.63) is 11.4 Å². The normalized spacial score (nSPS) is 26.0. The Labute approximate surface area is 63.9 Å². The Morgan fingerprint density at radius 2 is 1.67 bits per heavy atom. The van der Waals surface area contributed by atoms with Gasteiger partial charge in [-0.05, 0) is 0 Å². The maximum atomic E-state index is 12.2. The average Bonchev–Trinajstić information content (AvgIpc) is 1.81. The molecule has 0 atom stereocenters. The number of allylic oxidation sites excluding steroid dienone is 2. The minimum Gasteiger partial charge on any atom is -0.321 e. The molecule has 0 aliphatic heterocycles. The summed E-state index contributed by atoms with van der Waals surface area (Å²) < 4.78 is 58.3. The molecule has 0 radical (unpaired) electrons. The van der Waals surface area contributed by atoms with Gasteiger partial charge in [-0.25, -0.2) is 0 Å². The fourth-order valence-corrected chi connectivity index (χ4v) is 1.56. The van der Waals surface area contributed by atoms with Gasteiger partial charge in [0.25, 0.3) is 0 Å². The number of alkyl halides is 4. The topological polar surface area (TPSA) is 57.5 Å². The molecule has 0 saturated carbocycles. The zero-order valence-electron chi connectivity index (χ0n) is 5.34. The molecule has 2 N–H and O–H groups in total. The van der Waals surface area contributed by atoms with Gasteiger partial charge in [0.1, 0.15) is 5.31 Å². The Kier molecular flexibility index (Phi) is 1.70. The van der Waals surface area contributed by atoms with E-state index in [1.807, 2.05) is 0 Å². The minimum atomic E-state index is -5.24. The van der Waals surface area contributed by atoms with Crippen molar-refractivity contribution < 1.29 is 31.9 Å². The van der Waals surface area contributed by atoms with Gasteiger partial charge in [-0.3, -0.25) is 4.57 Å². The van der Waals surface area contributed by atoms with E-state index in [9.17, 15) is 22.1 Å². The van der Waals surface area contributed by atoms with E-state index in [0.29, 0.717) is 0 Å². The van der Waals surface area contributed by atoms with Gasteiger partial charge in [0.15, 0.2) is 0 Å². The van der Waals surface area contributed by atoms with Crippen LogP contribution in [0.25, 0.3) is 0 Å². The summed E-state index contributed by atoms with van der Waals surface area (Å²) in [5.74, 6) is -9.16. The Bertz CT molecular complexity index is 291. The van der Waals surface area contributed by atoms with Crippen molar-refractivity contribution in [1.82, 2.24) is 0 Å². The van der Waals surface area contributed by atoms with Gasteiger partial charge in [0.2, 0.25) is 0 Å². The lowest BCUT2D eigenvalue weighted by atomic mass is 10.0. The Morgan fingerprint density at radius 1 is 1.25 bits per heavy atom. The summed E-state index contributed by atoms with van der Waals surface area (Å²) in [6.45, 7) is 0. The van der Waals surface area contributed by atoms with Gasteiger partial charge in [0.05, 0.1) is 0 Å². The summed E-state index contributed by atoms with van der Waals surface area (Å²) in [4.78, 5) is 16.3. The summed E-state index contributed by atoms with van der Waals surface area (Å²) >= 11 is 0. The molecule has 0 aromatic carbocycles. The van der Waals surface area contributed by atoms with Crippen LogP contribution in [-0.2, 0) is 4.57 Å². The van der Waals surface area contributed by atoms with Crippen molar-refractivity contribution in [2.24, 2.45) is 0 Å². The highest BCUT2D eigenvalue weighted by atomic mass is 31.2. The summed E-state index contributed by atoms with van der Waals surface area (Å²) in [6.07, 6.45) is -0.409. The highest BCUT2D eigenvalue weighted by Gasteiger charge is 2.69. The van der Waals surface area contributed by atoms with Crippen LogP contribution in [0.2, 0.25) is 0 Å². The van der Waals surface area contributed by atoms with Crippen LogP contribution in [0.5, 0.6) is 0 Å². The fourth-order valence-electron chi connectivity index (χ4n) is 0.713. The molecule has 1 aliphatic carbocycles. The van der Waals surface area contributed by atoms with Crippen molar-refractivity contribution in [3.63, 3.8) is 0 Å². The second-order valence-electron chi connectivity index (χ2n) is 2.27. The number of rotatable bonds is 1. The monoisotopic (exact) mass is 206 g/mol. The largest absolute Gasteiger partial charge is 0.358 e. The first-order valence-electron chi connectivity index (χ1n) is 2.64. The van der Waals surface area contributed by atoms with Gasteiger partial charge < -0.3 is 9.79 Å². The summed E-state index contributed by atoms with van der Waals surface area (Å²) in [5, 5.41) is -1.81. The average molecular weight is 206 g/mol. The summed E-state index contributed by atoms with van der Waals surface area (Å²) in [7, 11) is -5.24. The van der Waals surface area contributed by atoms with Crippen molar-refractivity contribution >= 4 is 7.60 Å². The maximum Gasteiger partial charge on any atom is 0.358 e. The molecule has 0 heterocycles. The smallest absolute Gasteiger partial charge is 0.321 e. The molecular weight excluding hydrogens is 203 g/mol. The first-order valence-corrected chi connectivity index (χ1v) is 4.25. The van der Waals surface area contributed by atoms with Crippen LogP contribution in [0.4, 0.5) is 17.6 Å². The molecule has 12 heavy (non-hydrogen) atoms. The first kappa shape index (κ1) is 9.70. The van der Waals surface area contributed by atoms with Gasteiger partial charge in [-0.1, -0.05) is 0 Å². The van der Waals surface area contributed by atoms with E-state index in [1.165, 1.54) is 0 Å². The van der Waals surface area contributed by atoms with Gasteiger partial charge in [0, 0.05) is 6.08 Å². The van der Waals surface area contributed by atoms with E-state index < -0.39 is 30.8 Å². The molecule has 1 rings (SSSR count). The third-order valence-electron chi connectivity index (χ3n) is 1.37. The van der Waals surface area contributed by atoms with Crippen LogP contribution >= 0.6 is 7.60 Å². The zero-order valence-corrected chi connectivity index (χ0v) is 6.23. The maximum absolute atomic E-state index is 12.2. The molecule has 0 aromatic rings. The quantitative estimate of drug-likeness (QED) is 0.502. The van der Waals surface area contributed by atoms with Crippen LogP contribution in [0, 0.1) is 0 Å². The minimum absolute atomic E-state index is 0.409. The van der Waals surface area contributed by atoms with Crippen LogP contribution in [-0.4, -0.2) is 21.6 Å². The highest BCUT2D eigenvalue weighted by Crippen LogP contribution is 2.64. The standard InChI is InChI=1S/C4H3F4O3P/c5-3(6)1-2(4(3,7)8)12(9,10)11/h1H,(H2,9,10,11). The number of hydrogen-bond acceptors (Lipinski definition) is 1. The lowest BCUT2D eigenvalue weighted by Gasteiger charge is -2.34. The van der Waals surface area contributed by atoms with Gasteiger partial charge in [-0.2, -0.15) is 17.6 Å². The molecule has 0 fully saturated rings. The molecule has 0 saturated heterocycles. The third-order valence-corrected chi connectivity index (χ3v) is 2.41. The van der Waals surface area contributed by atoms with Crippen LogP contribution in [0.15, 0.2) is 11.4 Å². The Balaban J connectivity index is 3.11. The Hall–Kier alpha value is -0.390. The summed E-state index contributed by atoms with van der Waals surface area (Å²) in [5.41, 5.74) is 0. The van der Waals surface area contributed by atoms with Crippen LogP contribution in [0.1, 0.15) is 0 Å². The zero-order chi connectivity index (χ0) is 9.78. The molecule has 0 amide bonds. The van der Waals surface area contributed by atoms with Crippen molar-refractivity contribution in [1.29, 1.82) is 0 Å². The second kappa shape index (κ2) is 2.10. The second-order valence-corrected chi connectivity index (χ2v) is 3.84. The molecule has 0 spiro atoms. The van der Waals surface area contributed by atoms with E-state index in [0.717, 1.165) is 0 Å². The predicted molar refractivity (Wildman–Crippen MR) is 30.0 cm³/mol. The van der Waals surface area contributed by atoms with E-state index >= 15 is 0 Å².